The minimum atomic E-state index is -3.64. The molecule has 1 aromatic carbocycles. The molecule has 1 saturated heterocycles. The van der Waals surface area contributed by atoms with Crippen LogP contribution >= 0.6 is 0 Å². The van der Waals surface area contributed by atoms with Crippen molar-refractivity contribution in [2.24, 2.45) is 17.6 Å². The van der Waals surface area contributed by atoms with Crippen LogP contribution in [0, 0.1) is 17.7 Å². The molecule has 170 valence electrons. The molecule has 4 N–H and O–H groups in total. The molecule has 1 aliphatic heterocycles. The number of aromatic nitrogens is 2. The molecule has 4 rings (SSSR count). The summed E-state index contributed by atoms with van der Waals surface area (Å²) in [4.78, 5) is 27.7. The van der Waals surface area contributed by atoms with E-state index in [9.17, 15) is 19.1 Å². The van der Waals surface area contributed by atoms with Gasteiger partial charge >= 0.3 is 11.7 Å². The summed E-state index contributed by atoms with van der Waals surface area (Å²) < 4.78 is 65.0. The molecule has 0 bridgehead atoms. The molecular weight excluding hydrogens is 424 g/mol. The number of halogens is 4. The summed E-state index contributed by atoms with van der Waals surface area (Å²) in [6, 6.07) is -3.82. The Morgan fingerprint density at radius 2 is 2.03 bits per heavy atom. The number of alkyl halides is 3. The van der Waals surface area contributed by atoms with Crippen LogP contribution in [0.1, 0.15) is 12.8 Å². The van der Waals surface area contributed by atoms with Crippen LogP contribution in [-0.4, -0.2) is 53.7 Å². The Morgan fingerprint density at radius 3 is 2.61 bits per heavy atom. The second-order valence-corrected chi connectivity index (χ2v) is 8.02. The van der Waals surface area contributed by atoms with Crippen LogP contribution in [0.5, 0.6) is 5.75 Å². The van der Waals surface area contributed by atoms with E-state index in [0.717, 1.165) is 13.2 Å². The Kier molecular flexibility index (Phi) is 5.24. The monoisotopic (exact) mass is 446 g/mol. The number of anilines is 1. The van der Waals surface area contributed by atoms with E-state index in [1.54, 1.807) is 4.98 Å². The number of rotatable bonds is 6. The van der Waals surface area contributed by atoms with E-state index in [2.05, 4.69) is 0 Å². The van der Waals surface area contributed by atoms with Crippen molar-refractivity contribution in [3.63, 3.8) is 0 Å². The number of aromatic amines is 1. The quantitative estimate of drug-likeness (QED) is 0.568. The van der Waals surface area contributed by atoms with Crippen LogP contribution in [0.4, 0.5) is 23.2 Å². The zero-order valence-electron chi connectivity index (χ0n) is 16.6. The third-order valence-electron chi connectivity index (χ3n) is 6.01. The maximum atomic E-state index is 15.1. The number of ether oxygens (including phenoxy) is 1. The number of aliphatic hydroxyl groups is 1. The first kappa shape index (κ1) is 21.6. The summed E-state index contributed by atoms with van der Waals surface area (Å²) in [5, 5.41) is 8.75. The highest BCUT2D eigenvalue weighted by molar-refractivity contribution is 5.91. The maximum Gasteiger partial charge on any atom is 0.336 e. The lowest BCUT2D eigenvalue weighted by atomic mass is 9.99. The highest BCUT2D eigenvalue weighted by Gasteiger charge is 2.50. The number of nitrogens with two attached hydrogens (primary N) is 1. The van der Waals surface area contributed by atoms with Crippen molar-refractivity contribution in [2.45, 2.75) is 31.1 Å². The van der Waals surface area contributed by atoms with Crippen molar-refractivity contribution in [3.8, 4) is 5.75 Å². The van der Waals surface area contributed by atoms with Gasteiger partial charge in [0.05, 0.1) is 19.1 Å². The number of methoxy groups -OCH3 is 1. The van der Waals surface area contributed by atoms with Gasteiger partial charge in [-0.25, -0.2) is 18.1 Å². The first-order valence-electron chi connectivity index (χ1n) is 9.81. The third-order valence-corrected chi connectivity index (χ3v) is 6.01. The number of benzene rings is 1. The Labute approximate surface area is 173 Å². The van der Waals surface area contributed by atoms with Gasteiger partial charge in [0.1, 0.15) is 17.4 Å². The second-order valence-electron chi connectivity index (χ2n) is 8.02. The average molecular weight is 446 g/mol. The SMILES string of the molecule is COc1c(N2CC(F)C(C(N)CO)C2)c(F)cc2c(=O)[nH]c(=O)n(C(F)(F)C3CC3)c12. The largest absolute Gasteiger partial charge is 0.492 e. The van der Waals surface area contributed by atoms with Crippen molar-refractivity contribution in [2.75, 3.05) is 31.7 Å². The summed E-state index contributed by atoms with van der Waals surface area (Å²) in [6.45, 7) is -0.934. The summed E-state index contributed by atoms with van der Waals surface area (Å²) in [5.41, 5.74) is 2.43. The number of hydrogen-bond acceptors (Lipinski definition) is 6. The first-order chi connectivity index (χ1) is 14.6. The fraction of sp³-hybridized carbons (Fsp3) is 0.579. The number of aliphatic hydroxyl groups excluding tert-OH is 1. The standard InChI is InChI=1S/C19H22F4N4O4/c1-31-16-14-9(17(29)25-18(30)27(14)19(22,23)8-2-3-8)4-11(20)15(16)26-5-10(12(21)6-26)13(24)7-28/h4,8,10,12-13,28H,2-3,5-7,24H2,1H3,(H,25,29,30). The van der Waals surface area contributed by atoms with Crippen molar-refractivity contribution in [1.82, 2.24) is 9.55 Å². The Bertz CT molecular complexity index is 1130. The highest BCUT2D eigenvalue weighted by atomic mass is 19.3. The molecule has 3 atom stereocenters. The molecule has 0 radical (unpaired) electrons. The first-order valence-corrected chi connectivity index (χ1v) is 9.81. The molecule has 0 spiro atoms. The van der Waals surface area contributed by atoms with Crippen LogP contribution in [0.2, 0.25) is 0 Å². The number of hydrogen-bond donors (Lipinski definition) is 3. The molecule has 3 unspecified atom stereocenters. The van der Waals surface area contributed by atoms with Crippen LogP contribution in [-0.2, 0) is 6.05 Å². The van der Waals surface area contributed by atoms with Gasteiger partial charge in [0, 0.05) is 31.0 Å². The average Bonchev–Trinajstić information content (AvgIpc) is 3.50. The van der Waals surface area contributed by atoms with Crippen LogP contribution in [0.25, 0.3) is 10.9 Å². The number of nitrogens with zero attached hydrogens (tertiary/aromatic N) is 2. The number of H-pyrrole nitrogens is 1. The van der Waals surface area contributed by atoms with Gasteiger partial charge in [-0.05, 0) is 18.9 Å². The second kappa shape index (κ2) is 7.52. The van der Waals surface area contributed by atoms with Gasteiger partial charge < -0.3 is 20.5 Å². The van der Waals surface area contributed by atoms with Gasteiger partial charge in [-0.3, -0.25) is 9.78 Å². The van der Waals surface area contributed by atoms with Gasteiger partial charge in [0.25, 0.3) is 5.56 Å². The number of nitrogens with one attached hydrogen (secondary N) is 1. The van der Waals surface area contributed by atoms with Crippen molar-refractivity contribution < 1.29 is 27.4 Å². The van der Waals surface area contributed by atoms with E-state index >= 15 is 13.2 Å². The molecule has 1 saturated carbocycles. The van der Waals surface area contributed by atoms with Crippen LogP contribution in [0.3, 0.4) is 0 Å². The van der Waals surface area contributed by atoms with Crippen molar-refractivity contribution in [3.05, 3.63) is 32.7 Å². The van der Waals surface area contributed by atoms with E-state index in [1.807, 2.05) is 0 Å². The van der Waals surface area contributed by atoms with Gasteiger partial charge in [-0.2, -0.15) is 8.78 Å². The molecule has 2 aliphatic rings. The molecule has 0 amide bonds. The molecule has 2 heterocycles. The molecule has 31 heavy (non-hydrogen) atoms. The van der Waals surface area contributed by atoms with E-state index < -0.39 is 70.4 Å². The summed E-state index contributed by atoms with van der Waals surface area (Å²) in [7, 11) is 1.09. The van der Waals surface area contributed by atoms with Gasteiger partial charge in [0.15, 0.2) is 11.6 Å². The fourth-order valence-corrected chi connectivity index (χ4v) is 4.22. The zero-order chi connectivity index (χ0) is 22.7. The minimum Gasteiger partial charge on any atom is -0.492 e. The van der Waals surface area contributed by atoms with Gasteiger partial charge in [0.2, 0.25) is 0 Å². The molecule has 12 heteroatoms. The summed E-state index contributed by atoms with van der Waals surface area (Å²) >= 11 is 0. The van der Waals surface area contributed by atoms with Crippen LogP contribution in [0.15, 0.2) is 15.7 Å². The predicted molar refractivity (Wildman–Crippen MR) is 104 cm³/mol. The highest BCUT2D eigenvalue weighted by Crippen LogP contribution is 2.48. The Balaban J connectivity index is 1.97. The predicted octanol–water partition coefficient (Wildman–Crippen LogP) is 0.891. The Morgan fingerprint density at radius 1 is 1.35 bits per heavy atom. The van der Waals surface area contributed by atoms with E-state index in [1.165, 1.54) is 4.90 Å². The molecule has 1 aromatic heterocycles. The smallest absolute Gasteiger partial charge is 0.336 e. The minimum absolute atomic E-state index is 0.117. The molecule has 2 aromatic rings. The normalized spacial score (nSPS) is 22.9. The molecule has 2 fully saturated rings. The summed E-state index contributed by atoms with van der Waals surface area (Å²) in [5.74, 6) is -3.41. The topological polar surface area (TPSA) is 114 Å². The van der Waals surface area contributed by atoms with Crippen molar-refractivity contribution in [1.29, 1.82) is 0 Å². The fourth-order valence-electron chi connectivity index (χ4n) is 4.22. The molecular formula is C19H22F4N4O4. The maximum absolute atomic E-state index is 15.1. The lowest BCUT2D eigenvalue weighted by Crippen LogP contribution is -2.41. The molecule has 8 nitrogen and oxygen atoms in total. The van der Waals surface area contributed by atoms with Gasteiger partial charge in [-0.1, -0.05) is 0 Å². The third kappa shape index (κ3) is 3.37. The Hall–Kier alpha value is -2.60. The number of fused-ring (bicyclic) bond motifs is 1. The van der Waals surface area contributed by atoms with Crippen molar-refractivity contribution >= 4 is 16.6 Å². The molecule has 1 aliphatic carbocycles. The lowest BCUT2D eigenvalue weighted by molar-refractivity contribution is -0.103. The van der Waals surface area contributed by atoms with Crippen LogP contribution < -0.4 is 26.6 Å². The van der Waals surface area contributed by atoms with E-state index in [0.29, 0.717) is 0 Å². The van der Waals surface area contributed by atoms with E-state index in [-0.39, 0.29) is 36.2 Å². The summed E-state index contributed by atoms with van der Waals surface area (Å²) in [6.07, 6.45) is -1.14. The van der Waals surface area contributed by atoms with Gasteiger partial charge in [-0.15, -0.1) is 0 Å². The lowest BCUT2D eigenvalue weighted by Gasteiger charge is -2.26. The zero-order valence-corrected chi connectivity index (χ0v) is 16.6. The van der Waals surface area contributed by atoms with E-state index in [4.69, 9.17) is 10.5 Å².